The lowest BCUT2D eigenvalue weighted by molar-refractivity contribution is 0.0597. The van der Waals surface area contributed by atoms with E-state index in [0.717, 1.165) is 54.6 Å². The van der Waals surface area contributed by atoms with E-state index in [1.807, 2.05) is 44.7 Å². The molecule has 26 heavy (non-hydrogen) atoms. The van der Waals surface area contributed by atoms with Gasteiger partial charge in [0.1, 0.15) is 5.82 Å². The van der Waals surface area contributed by atoms with E-state index < -0.39 is 0 Å². The molecule has 136 valence electrons. The summed E-state index contributed by atoms with van der Waals surface area (Å²) in [6.45, 7) is 3.80. The molecule has 1 atom stereocenters. The molecule has 4 rings (SSSR count). The van der Waals surface area contributed by atoms with E-state index >= 15 is 0 Å². The summed E-state index contributed by atoms with van der Waals surface area (Å²) < 4.78 is 4.23. The van der Waals surface area contributed by atoms with Crippen molar-refractivity contribution in [1.29, 1.82) is 0 Å². The number of para-hydroxylation sites is 1. The maximum Gasteiger partial charge on any atom is 0.256 e. The van der Waals surface area contributed by atoms with Crippen molar-refractivity contribution in [2.24, 2.45) is 7.05 Å². The minimum absolute atomic E-state index is 0.175. The summed E-state index contributed by atoms with van der Waals surface area (Å²) in [5, 5.41) is 1.05. The third-order valence-corrected chi connectivity index (χ3v) is 5.64. The molecule has 1 fully saturated rings. The zero-order valence-corrected chi connectivity index (χ0v) is 15.6. The van der Waals surface area contributed by atoms with E-state index in [2.05, 4.69) is 31.2 Å². The maximum atomic E-state index is 13.4. The van der Waals surface area contributed by atoms with Crippen LogP contribution in [-0.4, -0.2) is 37.5 Å². The first-order chi connectivity index (χ1) is 12.6. The Labute approximate surface area is 154 Å². The van der Waals surface area contributed by atoms with Crippen LogP contribution in [0.5, 0.6) is 0 Å². The molecule has 0 N–H and O–H groups in total. The van der Waals surface area contributed by atoms with E-state index in [-0.39, 0.29) is 5.91 Å². The van der Waals surface area contributed by atoms with Gasteiger partial charge in [-0.15, -0.1) is 0 Å². The topological polar surface area (TPSA) is 43.1 Å². The minimum Gasteiger partial charge on any atom is -0.350 e. The lowest BCUT2D eigenvalue weighted by Crippen LogP contribution is -2.44. The summed E-state index contributed by atoms with van der Waals surface area (Å²) in [6.07, 6.45) is 10.2. The molecular formula is C21H26N4O. The predicted molar refractivity (Wildman–Crippen MR) is 103 cm³/mol. The van der Waals surface area contributed by atoms with E-state index in [4.69, 9.17) is 0 Å². The van der Waals surface area contributed by atoms with Crippen molar-refractivity contribution in [3.05, 3.63) is 54.2 Å². The first-order valence-electron chi connectivity index (χ1n) is 9.48. The molecule has 0 unspecified atom stereocenters. The average molecular weight is 350 g/mol. The molecule has 1 aromatic carbocycles. The number of rotatable bonds is 4. The Bertz CT molecular complexity index is 923. The molecule has 0 spiro atoms. The standard InChI is InChI=1S/C21H26N4O/c1-16-22-11-14-24(16)13-10-17-7-5-6-12-25(17)21(26)19-15-23(2)20-9-4-3-8-18(19)20/h3-4,8-9,11,14-15,17H,5-7,10,12-13H2,1-2H3/t17-/m0/s1. The average Bonchev–Trinajstić information content (AvgIpc) is 3.23. The van der Waals surface area contributed by atoms with Crippen LogP contribution in [0.25, 0.3) is 10.9 Å². The number of piperidine rings is 1. The number of benzene rings is 1. The van der Waals surface area contributed by atoms with Gasteiger partial charge in [-0.25, -0.2) is 4.98 Å². The molecule has 1 aliphatic heterocycles. The number of fused-ring (bicyclic) bond motifs is 1. The molecule has 2 aromatic heterocycles. The van der Waals surface area contributed by atoms with Gasteiger partial charge in [0.15, 0.2) is 0 Å². The fourth-order valence-corrected chi connectivity index (χ4v) is 4.16. The van der Waals surface area contributed by atoms with Gasteiger partial charge in [-0.1, -0.05) is 18.2 Å². The Morgan fingerprint density at radius 1 is 1.27 bits per heavy atom. The summed E-state index contributed by atoms with van der Waals surface area (Å²) in [6, 6.07) is 8.46. The summed E-state index contributed by atoms with van der Waals surface area (Å²) in [7, 11) is 2.01. The van der Waals surface area contributed by atoms with Crippen LogP contribution in [0.1, 0.15) is 41.9 Å². The van der Waals surface area contributed by atoms with Gasteiger partial charge in [-0.3, -0.25) is 4.79 Å². The molecule has 5 nitrogen and oxygen atoms in total. The second-order valence-electron chi connectivity index (χ2n) is 7.28. The Kier molecular flexibility index (Phi) is 4.53. The van der Waals surface area contributed by atoms with Crippen molar-refractivity contribution in [2.45, 2.75) is 45.2 Å². The third-order valence-electron chi connectivity index (χ3n) is 5.64. The number of imidazole rings is 1. The minimum atomic E-state index is 0.175. The summed E-state index contributed by atoms with van der Waals surface area (Å²) in [4.78, 5) is 19.8. The molecule has 0 radical (unpaired) electrons. The van der Waals surface area contributed by atoms with Crippen LogP contribution in [0.15, 0.2) is 42.9 Å². The molecule has 0 aliphatic carbocycles. The van der Waals surface area contributed by atoms with Crippen molar-refractivity contribution >= 4 is 16.8 Å². The fourth-order valence-electron chi connectivity index (χ4n) is 4.16. The van der Waals surface area contributed by atoms with Gasteiger partial charge in [-0.05, 0) is 38.7 Å². The second kappa shape index (κ2) is 6.98. The van der Waals surface area contributed by atoms with E-state index in [1.165, 1.54) is 6.42 Å². The monoisotopic (exact) mass is 350 g/mol. The third kappa shape index (κ3) is 3.02. The van der Waals surface area contributed by atoms with E-state index in [1.54, 1.807) is 0 Å². The van der Waals surface area contributed by atoms with Crippen molar-refractivity contribution in [1.82, 2.24) is 19.0 Å². The maximum absolute atomic E-state index is 13.4. The highest BCUT2D eigenvalue weighted by atomic mass is 16.2. The SMILES string of the molecule is Cc1nccn1CC[C@@H]1CCCCN1C(=O)c1cn(C)c2ccccc12. The number of carbonyl (C=O) groups is 1. The van der Waals surface area contributed by atoms with Crippen molar-refractivity contribution in [3.63, 3.8) is 0 Å². The van der Waals surface area contributed by atoms with Gasteiger partial charge in [0, 0.05) is 55.7 Å². The molecule has 3 aromatic rings. The molecular weight excluding hydrogens is 324 g/mol. The van der Waals surface area contributed by atoms with Crippen LogP contribution < -0.4 is 0 Å². The number of hydrogen-bond acceptors (Lipinski definition) is 2. The lowest BCUT2D eigenvalue weighted by atomic mass is 9.98. The first kappa shape index (κ1) is 16.9. The zero-order valence-electron chi connectivity index (χ0n) is 15.6. The number of amides is 1. The summed E-state index contributed by atoms with van der Waals surface area (Å²) >= 11 is 0. The second-order valence-corrected chi connectivity index (χ2v) is 7.28. The van der Waals surface area contributed by atoms with Crippen LogP contribution in [0, 0.1) is 6.92 Å². The predicted octanol–water partition coefficient (Wildman–Crippen LogP) is 3.77. The molecule has 1 aliphatic rings. The molecule has 0 saturated carbocycles. The normalized spacial score (nSPS) is 17.8. The fraction of sp³-hybridized carbons (Fsp3) is 0.429. The molecule has 5 heteroatoms. The van der Waals surface area contributed by atoms with Gasteiger partial charge in [-0.2, -0.15) is 0 Å². The number of likely N-dealkylation sites (tertiary alicyclic amines) is 1. The van der Waals surface area contributed by atoms with Gasteiger partial charge in [0.25, 0.3) is 5.91 Å². The molecule has 0 bridgehead atoms. The zero-order chi connectivity index (χ0) is 18.1. The quantitative estimate of drug-likeness (QED) is 0.719. The van der Waals surface area contributed by atoms with Gasteiger partial charge < -0.3 is 14.0 Å². The van der Waals surface area contributed by atoms with Crippen LogP contribution in [0.2, 0.25) is 0 Å². The van der Waals surface area contributed by atoms with E-state index in [0.29, 0.717) is 6.04 Å². The summed E-state index contributed by atoms with van der Waals surface area (Å²) in [5.41, 5.74) is 1.94. The number of carbonyl (C=O) groups excluding carboxylic acids is 1. The molecule has 3 heterocycles. The van der Waals surface area contributed by atoms with Gasteiger partial charge in [0.2, 0.25) is 0 Å². The molecule has 1 amide bonds. The number of aromatic nitrogens is 3. The number of hydrogen-bond donors (Lipinski definition) is 0. The number of nitrogens with zero attached hydrogens (tertiary/aromatic N) is 4. The van der Waals surface area contributed by atoms with Crippen LogP contribution in [0.3, 0.4) is 0 Å². The van der Waals surface area contributed by atoms with Crippen molar-refractivity contribution in [3.8, 4) is 0 Å². The smallest absolute Gasteiger partial charge is 0.256 e. The molecule has 1 saturated heterocycles. The highest BCUT2D eigenvalue weighted by Crippen LogP contribution is 2.27. The van der Waals surface area contributed by atoms with Crippen LogP contribution in [0.4, 0.5) is 0 Å². The van der Waals surface area contributed by atoms with E-state index in [9.17, 15) is 4.79 Å². The van der Waals surface area contributed by atoms with Gasteiger partial charge >= 0.3 is 0 Å². The Balaban J connectivity index is 1.57. The summed E-state index contributed by atoms with van der Waals surface area (Å²) in [5.74, 6) is 1.21. The highest BCUT2D eigenvalue weighted by Gasteiger charge is 2.29. The Morgan fingerprint density at radius 3 is 2.92 bits per heavy atom. The Hall–Kier alpha value is -2.56. The highest BCUT2D eigenvalue weighted by molar-refractivity contribution is 6.07. The Morgan fingerprint density at radius 2 is 2.12 bits per heavy atom. The largest absolute Gasteiger partial charge is 0.350 e. The first-order valence-corrected chi connectivity index (χ1v) is 9.48. The van der Waals surface area contributed by atoms with Crippen molar-refractivity contribution < 1.29 is 4.79 Å². The number of aryl methyl sites for hydroxylation is 3. The lowest BCUT2D eigenvalue weighted by Gasteiger charge is -2.36. The van der Waals surface area contributed by atoms with Gasteiger partial charge in [0.05, 0.1) is 5.56 Å². The van der Waals surface area contributed by atoms with Crippen molar-refractivity contribution in [2.75, 3.05) is 6.54 Å². The van der Waals surface area contributed by atoms with Crippen LogP contribution >= 0.6 is 0 Å². The van der Waals surface area contributed by atoms with Crippen LogP contribution in [-0.2, 0) is 13.6 Å².